The Kier molecular flexibility index (Phi) is 25.4. The number of rotatable bonds is 30. The normalized spacial score (nSPS) is 11.2. The number of halogens is 9. The first-order valence-electron chi connectivity index (χ1n) is 34.2. The van der Waals surface area contributed by atoms with Crippen LogP contribution in [-0.4, -0.2) is 66.2 Å². The third kappa shape index (κ3) is 18.5. The molecular formula is C78H60Cl3F6N12O16P. The van der Waals surface area contributed by atoms with Gasteiger partial charge in [0.05, 0.1) is 39.6 Å². The lowest BCUT2D eigenvalue weighted by Crippen LogP contribution is -2.29. The second-order valence-electron chi connectivity index (χ2n) is 24.2. The minimum absolute atomic E-state index is 0.0281. The van der Waals surface area contributed by atoms with Crippen LogP contribution in [0.25, 0.3) is 17.1 Å². The van der Waals surface area contributed by atoms with Crippen LogP contribution < -0.4 is 78.3 Å². The highest BCUT2D eigenvalue weighted by atomic mass is 35.5. The van der Waals surface area contributed by atoms with Crippen LogP contribution in [0.1, 0.15) is 68.5 Å². The Bertz CT molecular complexity index is 5540. The third-order valence-corrected chi connectivity index (χ3v) is 19.1. The molecule has 0 aliphatic rings. The second kappa shape index (κ2) is 35.9. The smallest absolute Gasteiger partial charge is 0.475 e. The molecule has 0 bridgehead atoms. The summed E-state index contributed by atoms with van der Waals surface area (Å²) in [6, 6.07) is 26.8. The van der Waals surface area contributed by atoms with Gasteiger partial charge in [0.1, 0.15) is 83.9 Å². The zero-order chi connectivity index (χ0) is 82.8. The molecule has 0 aliphatic carbocycles. The molecule has 0 radical (unpaired) electrons. The summed E-state index contributed by atoms with van der Waals surface area (Å²) in [6.45, 7) is 1.29. The zero-order valence-corrected chi connectivity index (χ0v) is 63.5. The average Bonchev–Trinajstić information content (AvgIpc) is 0.790. The van der Waals surface area contributed by atoms with Gasteiger partial charge in [-0.25, -0.2) is 45.9 Å². The lowest BCUT2D eigenvalue weighted by Gasteiger charge is -2.20. The van der Waals surface area contributed by atoms with Gasteiger partial charge in [-0.2, -0.15) is 0 Å². The van der Waals surface area contributed by atoms with Crippen molar-refractivity contribution in [3.8, 4) is 68.8 Å². The Balaban J connectivity index is 0.837. The monoisotopic (exact) mass is 1670 g/mol. The fraction of sp³-hybridized carbons (Fsp3) is 0.115. The first kappa shape index (κ1) is 82.3. The van der Waals surface area contributed by atoms with Gasteiger partial charge < -0.3 is 61.6 Å². The van der Waals surface area contributed by atoms with Gasteiger partial charge in [0.15, 0.2) is 51.9 Å². The Hall–Kier alpha value is -13.2. The highest BCUT2D eigenvalue weighted by Gasteiger charge is 2.32. The summed E-state index contributed by atoms with van der Waals surface area (Å²) >= 11 is 18.5. The maximum atomic E-state index is 16.3. The molecule has 3 amide bonds. The molecule has 0 saturated carbocycles. The van der Waals surface area contributed by atoms with Gasteiger partial charge >= 0.3 is 7.82 Å². The molecule has 6 heterocycles. The van der Waals surface area contributed by atoms with Crippen molar-refractivity contribution in [2.24, 2.45) is 0 Å². The highest BCUT2D eigenvalue weighted by molar-refractivity contribution is 7.48. The number of carbonyl (C=O) groups is 3. The van der Waals surface area contributed by atoms with E-state index >= 15 is 30.9 Å². The summed E-state index contributed by atoms with van der Waals surface area (Å²) in [6.07, 6.45) is 7.39. The van der Waals surface area contributed by atoms with E-state index in [0.29, 0.717) is 0 Å². The standard InChI is InChI=1S/C78H60Cl3F6N12O16P/c1-4-107-58-22-28-97(76(103)64(58)73(100)94-43-7-16-55(52(85)34-43)113-61-19-25-91-70(88)67(61)79)46-10-13-49(82)40(31-46)37-110-116(106,111-38-41-32-47(11-14-50(41)83)98-29-23-59(108-5-2)65(77(98)104)74(101)95-44-8-17-56(53(86)35-44)114-62-20-26-92-71(89)68(62)80)112-39-42-33-48(12-15-51(42)84)99-30-24-60(109-6-3)66(78(99)105)75(102)96-45-9-18-57(54(87)36-45)115-63-21-27-93-72(90)69(63)81/h7-36H,4-6,37-39H2,1-3H3,(H2,88,91)(H2,89,92)(H2,90,93)(H,94,100)(H,95,101)(H,96,102). The molecule has 0 spiro atoms. The molecule has 9 N–H and O–H groups in total. The summed E-state index contributed by atoms with van der Waals surface area (Å²) in [7, 11) is -5.42. The first-order valence-corrected chi connectivity index (χ1v) is 36.8. The van der Waals surface area contributed by atoms with E-state index in [4.69, 9.17) is 94.0 Å². The van der Waals surface area contributed by atoms with Crippen LogP contribution in [0.15, 0.2) is 197 Å². The third-order valence-electron chi connectivity index (χ3n) is 16.7. The Labute approximate surface area is 666 Å². The fourth-order valence-corrected chi connectivity index (χ4v) is 12.7. The molecular weight excluding hydrogens is 1610 g/mol. The molecule has 596 valence electrons. The van der Waals surface area contributed by atoms with Crippen molar-refractivity contribution in [3.63, 3.8) is 0 Å². The number of benzene rings is 6. The van der Waals surface area contributed by atoms with Crippen LogP contribution in [0.2, 0.25) is 15.1 Å². The Morgan fingerprint density at radius 1 is 0.379 bits per heavy atom. The van der Waals surface area contributed by atoms with Gasteiger partial charge in [0.2, 0.25) is 0 Å². The molecule has 0 atom stereocenters. The van der Waals surface area contributed by atoms with Gasteiger partial charge in [-0.05, 0) is 130 Å². The number of phosphoric acid groups is 1. The SMILES string of the molecule is CCOc1ccn(-c2ccc(F)c(COP(=O)(OCc3cc(-n4ccc(OCC)c(C(=O)Nc5ccc(Oc6ccnc(N)c6Cl)c(F)c5)c4=O)ccc3F)OCc3cc(-n4ccc(OCC)c(C(=O)Nc5ccc(Oc6ccnc(N)c6Cl)c(F)c5)c4=O)ccc3F)c2)c(=O)c1C(=O)Nc1ccc(Oc2ccnc(N)c2Cl)c(F)c1. The number of hydrogen-bond donors (Lipinski definition) is 6. The zero-order valence-electron chi connectivity index (χ0n) is 60.4. The Morgan fingerprint density at radius 3 is 0.914 bits per heavy atom. The van der Waals surface area contributed by atoms with Crippen LogP contribution in [0.5, 0.6) is 51.7 Å². The van der Waals surface area contributed by atoms with Gasteiger partial charge in [-0.1, -0.05) is 34.8 Å². The number of anilines is 6. The van der Waals surface area contributed by atoms with E-state index in [0.717, 1.165) is 105 Å². The predicted octanol–water partition coefficient (Wildman–Crippen LogP) is 16.3. The number of nitrogen functional groups attached to an aromatic ring is 3. The minimum atomic E-state index is -5.42. The van der Waals surface area contributed by atoms with Crippen molar-refractivity contribution < 1.29 is 87.3 Å². The molecule has 0 fully saturated rings. The largest absolute Gasteiger partial charge is 0.493 e. The van der Waals surface area contributed by atoms with Gasteiger partial charge in [0, 0.05) is 124 Å². The van der Waals surface area contributed by atoms with E-state index in [1.54, 1.807) is 20.8 Å². The minimum Gasteiger partial charge on any atom is -0.493 e. The number of nitrogens with one attached hydrogen (secondary N) is 3. The van der Waals surface area contributed by atoms with Crippen LogP contribution in [0, 0.1) is 34.9 Å². The summed E-state index contributed by atoms with van der Waals surface area (Å²) < 4.78 is 165. The fourth-order valence-electron chi connectivity index (χ4n) is 11.1. The maximum absolute atomic E-state index is 16.3. The summed E-state index contributed by atoms with van der Waals surface area (Å²) in [5.41, 5.74) is 9.90. The van der Waals surface area contributed by atoms with Crippen molar-refractivity contribution in [2.45, 2.75) is 40.6 Å². The molecule has 12 aromatic rings. The van der Waals surface area contributed by atoms with E-state index in [1.807, 2.05) is 0 Å². The molecule has 38 heteroatoms. The predicted molar refractivity (Wildman–Crippen MR) is 416 cm³/mol. The van der Waals surface area contributed by atoms with E-state index < -0.39 is 130 Å². The number of phosphoric ester groups is 1. The number of amides is 3. The summed E-state index contributed by atoms with van der Waals surface area (Å²) in [5.74, 6) is -11.4. The second-order valence-corrected chi connectivity index (χ2v) is 27.0. The average molecular weight is 1670 g/mol. The molecule has 6 aromatic carbocycles. The van der Waals surface area contributed by atoms with E-state index in [1.165, 1.54) is 91.8 Å². The lowest BCUT2D eigenvalue weighted by molar-refractivity contribution is 0.0953. The van der Waals surface area contributed by atoms with Crippen molar-refractivity contribution in [1.29, 1.82) is 0 Å². The molecule has 6 aromatic heterocycles. The summed E-state index contributed by atoms with van der Waals surface area (Å²) in [5, 5.41) is 7.07. The number of pyridine rings is 6. The number of hydrogen-bond acceptors (Lipinski definition) is 22. The van der Waals surface area contributed by atoms with Crippen LogP contribution in [0.3, 0.4) is 0 Å². The van der Waals surface area contributed by atoms with Gasteiger partial charge in [0.25, 0.3) is 34.4 Å². The quantitative estimate of drug-likeness (QED) is 0.0180. The molecule has 0 aliphatic heterocycles. The van der Waals surface area contributed by atoms with Crippen LogP contribution in [0.4, 0.5) is 60.9 Å². The van der Waals surface area contributed by atoms with Gasteiger partial charge in [-0.3, -0.25) is 56.0 Å². The summed E-state index contributed by atoms with van der Waals surface area (Å²) in [4.78, 5) is 97.4. The van der Waals surface area contributed by atoms with Crippen molar-refractivity contribution >= 4 is 94.9 Å². The van der Waals surface area contributed by atoms with Gasteiger partial charge in [-0.15, -0.1) is 0 Å². The number of aromatic nitrogens is 6. The van der Waals surface area contributed by atoms with Crippen molar-refractivity contribution in [2.75, 3.05) is 53.0 Å². The topological polar surface area (TPSA) is 370 Å². The van der Waals surface area contributed by atoms with E-state index in [9.17, 15) is 28.8 Å². The lowest BCUT2D eigenvalue weighted by atomic mass is 10.1. The van der Waals surface area contributed by atoms with Crippen LogP contribution >= 0.6 is 42.6 Å². The van der Waals surface area contributed by atoms with Crippen molar-refractivity contribution in [1.82, 2.24) is 28.7 Å². The first-order chi connectivity index (χ1) is 55.6. The number of ether oxygens (including phenoxy) is 6. The van der Waals surface area contributed by atoms with Crippen molar-refractivity contribution in [3.05, 3.63) is 297 Å². The molecule has 116 heavy (non-hydrogen) atoms. The molecule has 12 rings (SSSR count). The van der Waals surface area contributed by atoms with E-state index in [2.05, 4.69) is 30.9 Å². The highest BCUT2D eigenvalue weighted by Crippen LogP contribution is 2.52. The van der Waals surface area contributed by atoms with Crippen LogP contribution in [-0.2, 0) is 38.0 Å². The maximum Gasteiger partial charge on any atom is 0.475 e. The number of carbonyl (C=O) groups excluding carboxylic acids is 3. The number of nitrogens with zero attached hydrogens (tertiary/aromatic N) is 6. The molecule has 28 nitrogen and oxygen atoms in total. The number of nitrogens with two attached hydrogens (primary N) is 3. The molecule has 0 saturated heterocycles. The Morgan fingerprint density at radius 2 is 0.655 bits per heavy atom. The molecule has 0 unspecified atom stereocenters. The van der Waals surface area contributed by atoms with E-state index in [-0.39, 0.29) is 138 Å².